The van der Waals surface area contributed by atoms with Crippen LogP contribution in [0.25, 0.3) is 0 Å². The van der Waals surface area contributed by atoms with Gasteiger partial charge >= 0.3 is 0 Å². The first-order valence-electron chi connectivity index (χ1n) is 5.44. The van der Waals surface area contributed by atoms with Gasteiger partial charge < -0.3 is 10.1 Å². The molecule has 0 radical (unpaired) electrons. The number of pyridine rings is 1. The summed E-state index contributed by atoms with van der Waals surface area (Å²) in [4.78, 5) is 14.9. The third-order valence-corrected chi connectivity index (χ3v) is 2.23. The van der Waals surface area contributed by atoms with Crippen LogP contribution in [0.3, 0.4) is 0 Å². The van der Waals surface area contributed by atoms with E-state index in [4.69, 9.17) is 4.74 Å². The smallest absolute Gasteiger partial charge is 0.262 e. The van der Waals surface area contributed by atoms with Gasteiger partial charge in [0, 0.05) is 6.20 Å². The van der Waals surface area contributed by atoms with E-state index in [0.717, 1.165) is 0 Å². The highest BCUT2D eigenvalue weighted by molar-refractivity contribution is 5.91. The summed E-state index contributed by atoms with van der Waals surface area (Å²) in [5, 5.41) is 2.32. The zero-order chi connectivity index (χ0) is 13.7. The van der Waals surface area contributed by atoms with Crippen molar-refractivity contribution in [2.24, 2.45) is 0 Å². The first-order chi connectivity index (χ1) is 9.16. The number of para-hydroxylation sites is 1. The molecule has 1 amide bonds. The minimum atomic E-state index is -0.804. The summed E-state index contributed by atoms with van der Waals surface area (Å²) in [6.45, 7) is -0.434. The quantitative estimate of drug-likeness (QED) is 0.862. The number of halogens is 2. The SMILES string of the molecule is O=C(COc1cccnc1F)Nc1ccccc1F. The average Bonchev–Trinajstić information content (AvgIpc) is 2.40. The van der Waals surface area contributed by atoms with Gasteiger partial charge in [-0.1, -0.05) is 12.1 Å². The molecule has 1 aromatic carbocycles. The largest absolute Gasteiger partial charge is 0.479 e. The van der Waals surface area contributed by atoms with Gasteiger partial charge in [0.05, 0.1) is 5.69 Å². The summed E-state index contributed by atoms with van der Waals surface area (Å²) >= 11 is 0. The van der Waals surface area contributed by atoms with Crippen molar-refractivity contribution in [2.45, 2.75) is 0 Å². The van der Waals surface area contributed by atoms with Gasteiger partial charge in [-0.2, -0.15) is 4.39 Å². The molecule has 0 aliphatic heterocycles. The lowest BCUT2D eigenvalue weighted by molar-refractivity contribution is -0.118. The topological polar surface area (TPSA) is 51.2 Å². The van der Waals surface area contributed by atoms with Gasteiger partial charge in [-0.05, 0) is 24.3 Å². The van der Waals surface area contributed by atoms with E-state index in [9.17, 15) is 13.6 Å². The molecule has 0 unspecified atom stereocenters. The first kappa shape index (κ1) is 12.9. The van der Waals surface area contributed by atoms with Crippen molar-refractivity contribution in [2.75, 3.05) is 11.9 Å². The van der Waals surface area contributed by atoms with E-state index in [-0.39, 0.29) is 11.4 Å². The highest BCUT2D eigenvalue weighted by Gasteiger charge is 2.09. The molecule has 0 spiro atoms. The zero-order valence-corrected chi connectivity index (χ0v) is 9.77. The number of hydrogen-bond donors (Lipinski definition) is 1. The zero-order valence-electron chi connectivity index (χ0n) is 9.77. The van der Waals surface area contributed by atoms with Gasteiger partial charge in [0.25, 0.3) is 11.9 Å². The Kier molecular flexibility index (Phi) is 4.02. The Morgan fingerprint density at radius 3 is 2.74 bits per heavy atom. The summed E-state index contributed by atoms with van der Waals surface area (Å²) in [5.41, 5.74) is 0.0442. The normalized spacial score (nSPS) is 10.0. The van der Waals surface area contributed by atoms with Crippen LogP contribution in [0.2, 0.25) is 0 Å². The van der Waals surface area contributed by atoms with Crippen molar-refractivity contribution in [3.05, 3.63) is 54.4 Å². The monoisotopic (exact) mass is 264 g/mol. The summed E-state index contributed by atoms with van der Waals surface area (Å²) in [6.07, 6.45) is 1.27. The van der Waals surface area contributed by atoms with Crippen LogP contribution in [-0.2, 0) is 4.79 Å². The Hall–Kier alpha value is -2.50. The van der Waals surface area contributed by atoms with Gasteiger partial charge in [-0.3, -0.25) is 4.79 Å². The van der Waals surface area contributed by atoms with E-state index in [1.807, 2.05) is 0 Å². The molecule has 0 saturated carbocycles. The number of carbonyl (C=O) groups excluding carboxylic acids is 1. The second-order valence-electron chi connectivity index (χ2n) is 3.61. The van der Waals surface area contributed by atoms with Crippen LogP contribution in [0.1, 0.15) is 0 Å². The van der Waals surface area contributed by atoms with E-state index >= 15 is 0 Å². The molecular weight excluding hydrogens is 254 g/mol. The second kappa shape index (κ2) is 5.90. The predicted molar refractivity (Wildman–Crippen MR) is 64.7 cm³/mol. The lowest BCUT2D eigenvalue weighted by atomic mass is 10.3. The molecule has 4 nitrogen and oxygen atoms in total. The second-order valence-corrected chi connectivity index (χ2v) is 3.61. The number of benzene rings is 1. The van der Waals surface area contributed by atoms with Crippen molar-refractivity contribution in [1.82, 2.24) is 4.98 Å². The van der Waals surface area contributed by atoms with Gasteiger partial charge in [0.2, 0.25) is 0 Å². The van der Waals surface area contributed by atoms with E-state index in [1.54, 1.807) is 6.07 Å². The minimum absolute atomic E-state index is 0.0442. The van der Waals surface area contributed by atoms with E-state index in [2.05, 4.69) is 10.3 Å². The van der Waals surface area contributed by atoms with Crippen LogP contribution in [0.4, 0.5) is 14.5 Å². The highest BCUT2D eigenvalue weighted by Crippen LogP contribution is 2.14. The highest BCUT2D eigenvalue weighted by atomic mass is 19.1. The van der Waals surface area contributed by atoms with Gasteiger partial charge in [-0.15, -0.1) is 0 Å². The lowest BCUT2D eigenvalue weighted by Gasteiger charge is -2.08. The van der Waals surface area contributed by atoms with Crippen LogP contribution in [0, 0.1) is 11.8 Å². The number of anilines is 1. The van der Waals surface area contributed by atoms with E-state index in [0.29, 0.717) is 0 Å². The van der Waals surface area contributed by atoms with Crippen LogP contribution in [-0.4, -0.2) is 17.5 Å². The molecule has 1 N–H and O–H groups in total. The molecular formula is C13H10F2N2O2. The maximum atomic E-state index is 13.3. The summed E-state index contributed by atoms with van der Waals surface area (Å²) < 4.78 is 31.3. The molecule has 0 aliphatic carbocycles. The van der Waals surface area contributed by atoms with Crippen molar-refractivity contribution in [3.8, 4) is 5.75 Å². The lowest BCUT2D eigenvalue weighted by Crippen LogP contribution is -2.21. The first-order valence-corrected chi connectivity index (χ1v) is 5.44. The number of hydrogen-bond acceptors (Lipinski definition) is 3. The minimum Gasteiger partial charge on any atom is -0.479 e. The molecule has 2 aromatic rings. The van der Waals surface area contributed by atoms with Gasteiger partial charge in [-0.25, -0.2) is 9.37 Å². The maximum absolute atomic E-state index is 13.3. The predicted octanol–water partition coefficient (Wildman–Crippen LogP) is 2.38. The fourth-order valence-electron chi connectivity index (χ4n) is 1.37. The number of nitrogens with one attached hydrogen (secondary N) is 1. The molecule has 19 heavy (non-hydrogen) atoms. The van der Waals surface area contributed by atoms with E-state index < -0.39 is 24.3 Å². The number of ether oxygens (including phenoxy) is 1. The number of rotatable bonds is 4. The van der Waals surface area contributed by atoms with E-state index in [1.165, 1.54) is 36.5 Å². The molecule has 2 rings (SSSR count). The molecule has 0 aliphatic rings. The molecule has 6 heteroatoms. The number of carbonyl (C=O) groups is 1. The molecule has 0 saturated heterocycles. The summed E-state index contributed by atoms with van der Waals surface area (Å²) in [5.74, 6) is -2.08. The summed E-state index contributed by atoms with van der Waals surface area (Å²) in [6, 6.07) is 8.55. The molecule has 1 aromatic heterocycles. The Balaban J connectivity index is 1.92. The van der Waals surface area contributed by atoms with Crippen LogP contribution >= 0.6 is 0 Å². The molecule has 0 fully saturated rings. The van der Waals surface area contributed by atoms with Gasteiger partial charge in [0.1, 0.15) is 5.82 Å². The number of aromatic nitrogens is 1. The maximum Gasteiger partial charge on any atom is 0.262 e. The number of nitrogens with zero attached hydrogens (tertiary/aromatic N) is 1. The van der Waals surface area contributed by atoms with Crippen molar-refractivity contribution >= 4 is 11.6 Å². The standard InChI is InChI=1S/C13H10F2N2O2/c14-9-4-1-2-5-10(9)17-12(18)8-19-11-6-3-7-16-13(11)15/h1-7H,8H2,(H,17,18). The van der Waals surface area contributed by atoms with Gasteiger partial charge in [0.15, 0.2) is 12.4 Å². The third-order valence-electron chi connectivity index (χ3n) is 2.23. The molecule has 0 bridgehead atoms. The van der Waals surface area contributed by atoms with Crippen LogP contribution in [0.5, 0.6) is 5.75 Å². The fourth-order valence-corrected chi connectivity index (χ4v) is 1.37. The Morgan fingerprint density at radius 2 is 2.00 bits per heavy atom. The van der Waals surface area contributed by atoms with Crippen LogP contribution in [0.15, 0.2) is 42.6 Å². The Bertz CT molecular complexity index is 590. The Morgan fingerprint density at radius 1 is 1.21 bits per heavy atom. The van der Waals surface area contributed by atoms with Crippen molar-refractivity contribution < 1.29 is 18.3 Å². The molecule has 0 atom stereocenters. The fraction of sp³-hybridized carbons (Fsp3) is 0.0769. The molecule has 98 valence electrons. The average molecular weight is 264 g/mol. The summed E-state index contributed by atoms with van der Waals surface area (Å²) in [7, 11) is 0. The third kappa shape index (κ3) is 3.48. The number of amides is 1. The van der Waals surface area contributed by atoms with Crippen molar-refractivity contribution in [3.63, 3.8) is 0 Å². The Labute approximate surface area is 108 Å². The molecule has 1 heterocycles. The van der Waals surface area contributed by atoms with Crippen LogP contribution < -0.4 is 10.1 Å². The van der Waals surface area contributed by atoms with Crippen molar-refractivity contribution in [1.29, 1.82) is 0 Å².